The molecule has 3 aromatic rings. The largest absolute Gasteiger partial charge is 0.333 e. The van der Waals surface area contributed by atoms with E-state index in [1.165, 1.54) is 5.56 Å². The van der Waals surface area contributed by atoms with E-state index >= 15 is 0 Å². The smallest absolute Gasteiger partial charge is 0.247 e. The molecule has 1 aromatic heterocycles. The third kappa shape index (κ3) is 4.17. The molecule has 0 amide bonds. The third-order valence-electron chi connectivity index (χ3n) is 4.27. The van der Waals surface area contributed by atoms with Crippen LogP contribution in [0.5, 0.6) is 0 Å². The maximum absolute atomic E-state index is 4.82. The Morgan fingerprint density at radius 1 is 0.923 bits per heavy atom. The topological polar surface area (TPSA) is 45.2 Å². The lowest BCUT2D eigenvalue weighted by Gasteiger charge is -2.28. The van der Waals surface area contributed by atoms with Gasteiger partial charge < -0.3 is 9.80 Å². The van der Waals surface area contributed by atoms with Crippen molar-refractivity contribution in [2.45, 2.75) is 33.4 Å². The molecule has 0 bridgehead atoms. The second-order valence-electron chi connectivity index (χ2n) is 6.40. The molecular weight excluding hydrogens is 322 g/mol. The Kier molecular flexibility index (Phi) is 5.79. The molecule has 0 aliphatic heterocycles. The van der Waals surface area contributed by atoms with Crippen LogP contribution in [-0.4, -0.2) is 27.8 Å². The third-order valence-corrected chi connectivity index (χ3v) is 4.27. The minimum absolute atomic E-state index is 0.263. The molecule has 0 fully saturated rings. The summed E-state index contributed by atoms with van der Waals surface area (Å²) in [5.74, 6) is 1.46. The summed E-state index contributed by atoms with van der Waals surface area (Å²) in [7, 11) is 0. The van der Waals surface area contributed by atoms with Crippen LogP contribution in [0.1, 0.15) is 26.3 Å². The predicted octanol–water partition coefficient (Wildman–Crippen LogP) is 4.44. The zero-order valence-corrected chi connectivity index (χ0v) is 15.6. The zero-order valence-electron chi connectivity index (χ0n) is 15.6. The number of hydrogen-bond acceptors (Lipinski definition) is 5. The van der Waals surface area contributed by atoms with Crippen molar-refractivity contribution in [1.29, 1.82) is 0 Å². The number of benzene rings is 2. The van der Waals surface area contributed by atoms with Crippen LogP contribution in [0, 0.1) is 0 Å². The Balaban J connectivity index is 1.91. The fourth-order valence-corrected chi connectivity index (χ4v) is 2.89. The maximum Gasteiger partial charge on any atom is 0.247 e. The number of nitrogens with zero attached hydrogens (tertiary/aromatic N) is 5. The van der Waals surface area contributed by atoms with Gasteiger partial charge >= 0.3 is 0 Å². The molecule has 0 aliphatic rings. The average Bonchev–Trinajstić information content (AvgIpc) is 2.68. The standard InChI is InChI=1S/C21H25N5/c1-4-25(19-13-9-6-10-14-19)20-15-22-24-21(23-20)26(17(2)3)16-18-11-7-5-8-12-18/h5-15,17H,4,16H2,1-3H3. The van der Waals surface area contributed by atoms with Crippen molar-refractivity contribution in [2.75, 3.05) is 16.3 Å². The molecule has 0 spiro atoms. The monoisotopic (exact) mass is 347 g/mol. The average molecular weight is 347 g/mol. The fourth-order valence-electron chi connectivity index (χ4n) is 2.89. The highest BCUT2D eigenvalue weighted by molar-refractivity contribution is 5.59. The minimum Gasteiger partial charge on any atom is -0.333 e. The van der Waals surface area contributed by atoms with Gasteiger partial charge in [0.25, 0.3) is 0 Å². The van der Waals surface area contributed by atoms with Gasteiger partial charge in [0.15, 0.2) is 5.82 Å². The highest BCUT2D eigenvalue weighted by Crippen LogP contribution is 2.24. The lowest BCUT2D eigenvalue weighted by molar-refractivity contribution is 0.651. The second-order valence-corrected chi connectivity index (χ2v) is 6.40. The molecule has 5 nitrogen and oxygen atoms in total. The molecule has 5 heteroatoms. The van der Waals surface area contributed by atoms with Crippen LogP contribution >= 0.6 is 0 Å². The highest BCUT2D eigenvalue weighted by atomic mass is 15.4. The van der Waals surface area contributed by atoms with Gasteiger partial charge in [-0.25, -0.2) is 0 Å². The molecule has 3 rings (SSSR count). The molecule has 0 aliphatic carbocycles. The summed E-state index contributed by atoms with van der Waals surface area (Å²) in [6.07, 6.45) is 1.72. The van der Waals surface area contributed by atoms with Gasteiger partial charge in [-0.15, -0.1) is 5.10 Å². The first-order valence-electron chi connectivity index (χ1n) is 9.02. The van der Waals surface area contributed by atoms with E-state index in [1.807, 2.05) is 24.3 Å². The lowest BCUT2D eigenvalue weighted by Crippen LogP contribution is -2.32. The van der Waals surface area contributed by atoms with Gasteiger partial charge in [0.05, 0.1) is 6.20 Å². The first-order chi connectivity index (χ1) is 12.7. The Hall–Kier alpha value is -2.95. The van der Waals surface area contributed by atoms with Crippen LogP contribution in [0.15, 0.2) is 66.9 Å². The molecule has 0 N–H and O–H groups in total. The van der Waals surface area contributed by atoms with Crippen molar-refractivity contribution in [3.8, 4) is 0 Å². The van der Waals surface area contributed by atoms with Crippen LogP contribution in [0.2, 0.25) is 0 Å². The van der Waals surface area contributed by atoms with E-state index in [-0.39, 0.29) is 6.04 Å². The SMILES string of the molecule is CCN(c1ccccc1)c1cnnc(N(Cc2ccccc2)C(C)C)n1. The van der Waals surface area contributed by atoms with Gasteiger partial charge in [0, 0.05) is 24.8 Å². The summed E-state index contributed by atoms with van der Waals surface area (Å²) in [6.45, 7) is 7.96. The number of anilines is 3. The summed E-state index contributed by atoms with van der Waals surface area (Å²) in [5.41, 5.74) is 2.33. The lowest BCUT2D eigenvalue weighted by atomic mass is 10.2. The molecule has 134 valence electrons. The molecule has 0 saturated carbocycles. The number of aromatic nitrogens is 3. The van der Waals surface area contributed by atoms with Gasteiger partial charge in [0.2, 0.25) is 5.95 Å². The zero-order chi connectivity index (χ0) is 18.4. The predicted molar refractivity (Wildman–Crippen MR) is 107 cm³/mol. The van der Waals surface area contributed by atoms with Gasteiger partial charge in [-0.2, -0.15) is 10.1 Å². The summed E-state index contributed by atoms with van der Waals surface area (Å²) in [6, 6.07) is 20.9. The van der Waals surface area contributed by atoms with Crippen molar-refractivity contribution < 1.29 is 0 Å². The van der Waals surface area contributed by atoms with E-state index < -0.39 is 0 Å². The number of rotatable bonds is 7. The minimum atomic E-state index is 0.263. The molecule has 26 heavy (non-hydrogen) atoms. The first-order valence-corrected chi connectivity index (χ1v) is 9.02. The summed E-state index contributed by atoms with van der Waals surface area (Å²) >= 11 is 0. The second kappa shape index (κ2) is 8.43. The first kappa shape index (κ1) is 17.9. The van der Waals surface area contributed by atoms with E-state index in [9.17, 15) is 0 Å². The van der Waals surface area contributed by atoms with Gasteiger partial charge in [-0.3, -0.25) is 0 Å². The van der Waals surface area contributed by atoms with E-state index in [1.54, 1.807) is 6.20 Å². The van der Waals surface area contributed by atoms with Gasteiger partial charge in [0.1, 0.15) is 0 Å². The molecule has 0 saturated heterocycles. The van der Waals surface area contributed by atoms with E-state index in [2.05, 4.69) is 77.2 Å². The Bertz CT molecular complexity index is 805. The number of hydrogen-bond donors (Lipinski definition) is 0. The molecule has 0 unspecified atom stereocenters. The normalized spacial score (nSPS) is 10.8. The Morgan fingerprint density at radius 2 is 1.58 bits per heavy atom. The van der Waals surface area contributed by atoms with E-state index in [0.717, 1.165) is 24.6 Å². The van der Waals surface area contributed by atoms with Crippen molar-refractivity contribution in [3.63, 3.8) is 0 Å². The van der Waals surface area contributed by atoms with Crippen molar-refractivity contribution in [1.82, 2.24) is 15.2 Å². The summed E-state index contributed by atoms with van der Waals surface area (Å²) in [4.78, 5) is 9.13. The Morgan fingerprint density at radius 3 is 2.19 bits per heavy atom. The Labute approximate surface area is 155 Å². The highest BCUT2D eigenvalue weighted by Gasteiger charge is 2.17. The van der Waals surface area contributed by atoms with E-state index in [0.29, 0.717) is 5.95 Å². The van der Waals surface area contributed by atoms with Gasteiger partial charge in [-0.1, -0.05) is 48.5 Å². The van der Waals surface area contributed by atoms with Crippen molar-refractivity contribution in [3.05, 3.63) is 72.4 Å². The van der Waals surface area contributed by atoms with Crippen LogP contribution in [0.4, 0.5) is 17.5 Å². The summed E-state index contributed by atoms with van der Waals surface area (Å²) in [5, 5.41) is 8.53. The van der Waals surface area contributed by atoms with Crippen LogP contribution in [-0.2, 0) is 6.54 Å². The molecular formula is C21H25N5. The van der Waals surface area contributed by atoms with Crippen LogP contribution in [0.25, 0.3) is 0 Å². The fraction of sp³-hybridized carbons (Fsp3) is 0.286. The van der Waals surface area contributed by atoms with Crippen LogP contribution in [0.3, 0.4) is 0 Å². The van der Waals surface area contributed by atoms with Crippen LogP contribution < -0.4 is 9.80 Å². The van der Waals surface area contributed by atoms with E-state index in [4.69, 9.17) is 4.98 Å². The van der Waals surface area contributed by atoms with Crippen molar-refractivity contribution >= 4 is 17.5 Å². The maximum atomic E-state index is 4.82. The van der Waals surface area contributed by atoms with Crippen molar-refractivity contribution in [2.24, 2.45) is 0 Å². The summed E-state index contributed by atoms with van der Waals surface area (Å²) < 4.78 is 0. The molecule has 1 heterocycles. The molecule has 0 atom stereocenters. The quantitative estimate of drug-likeness (QED) is 0.632. The number of para-hydroxylation sites is 1. The van der Waals surface area contributed by atoms with Gasteiger partial charge in [-0.05, 0) is 38.5 Å². The molecule has 2 aromatic carbocycles. The molecule has 0 radical (unpaired) electrons.